The van der Waals surface area contributed by atoms with Gasteiger partial charge >= 0.3 is 6.09 Å². The maximum atomic E-state index is 13.7. The van der Waals surface area contributed by atoms with Gasteiger partial charge in [0, 0.05) is 53.0 Å². The molecule has 0 unspecified atom stereocenters. The average molecular weight is 594 g/mol. The SMILES string of the molecule is CSC1=[N+](c2ccc(NC(=O)[C@H](Nc3cccc(CNC(=O)OC(C)(C)C)c3)c3ccccc3Cl)cc2C)CCC1. The number of aryl methyl sites for hydroxylation is 1. The molecule has 2 amide bonds. The Balaban J connectivity index is 1.53. The van der Waals surface area contributed by atoms with Crippen molar-refractivity contribution in [3.05, 3.63) is 88.4 Å². The normalized spacial score (nSPS) is 14.0. The predicted molar refractivity (Wildman–Crippen MR) is 170 cm³/mol. The van der Waals surface area contributed by atoms with Crippen LogP contribution in [0.3, 0.4) is 0 Å². The second-order valence-electron chi connectivity index (χ2n) is 11.0. The van der Waals surface area contributed by atoms with Gasteiger partial charge in [-0.05, 0) is 69.8 Å². The predicted octanol–water partition coefficient (Wildman–Crippen LogP) is 7.66. The van der Waals surface area contributed by atoms with Crippen molar-refractivity contribution in [1.29, 1.82) is 0 Å². The molecule has 7 nitrogen and oxygen atoms in total. The van der Waals surface area contributed by atoms with E-state index in [1.54, 1.807) is 17.8 Å². The van der Waals surface area contributed by atoms with Crippen LogP contribution in [0.25, 0.3) is 0 Å². The molecule has 216 valence electrons. The number of nitrogens with zero attached hydrogens (tertiary/aromatic N) is 1. The van der Waals surface area contributed by atoms with Gasteiger partial charge in [-0.15, -0.1) is 0 Å². The summed E-state index contributed by atoms with van der Waals surface area (Å²) in [7, 11) is 0. The zero-order valence-corrected chi connectivity index (χ0v) is 25.8. The molecule has 0 bridgehead atoms. The van der Waals surface area contributed by atoms with E-state index in [0.717, 1.165) is 36.2 Å². The molecule has 0 aromatic heterocycles. The van der Waals surface area contributed by atoms with Crippen molar-refractivity contribution in [3.63, 3.8) is 0 Å². The highest BCUT2D eigenvalue weighted by Crippen LogP contribution is 2.30. The van der Waals surface area contributed by atoms with Crippen LogP contribution in [-0.2, 0) is 16.1 Å². The van der Waals surface area contributed by atoms with Crippen molar-refractivity contribution in [2.24, 2.45) is 0 Å². The molecule has 3 aromatic rings. The molecule has 0 aliphatic carbocycles. The Morgan fingerprint density at radius 1 is 1.05 bits per heavy atom. The first-order valence-corrected chi connectivity index (χ1v) is 15.3. The molecular formula is C32H38ClN4O3S+. The number of nitrogens with one attached hydrogen (secondary N) is 3. The van der Waals surface area contributed by atoms with Crippen molar-refractivity contribution < 1.29 is 18.9 Å². The van der Waals surface area contributed by atoms with Crippen molar-refractivity contribution in [2.45, 2.75) is 58.7 Å². The highest BCUT2D eigenvalue weighted by Gasteiger charge is 2.27. The lowest BCUT2D eigenvalue weighted by molar-refractivity contribution is -0.428. The minimum Gasteiger partial charge on any atom is -0.444 e. The van der Waals surface area contributed by atoms with Gasteiger partial charge in [0.15, 0.2) is 0 Å². The second kappa shape index (κ2) is 13.4. The zero-order valence-electron chi connectivity index (χ0n) is 24.2. The van der Waals surface area contributed by atoms with Crippen LogP contribution in [0.5, 0.6) is 0 Å². The standard InChI is InChI=1S/C32H37ClN4O3S/c1-21-18-24(15-16-27(21)37-17-9-14-28(37)41-5)36-30(38)29(25-12-6-7-13-26(25)33)35-23-11-8-10-22(19-23)20-34-31(39)40-32(2,3)4/h6-8,10-13,15-16,18-19,29,35H,9,14,17,20H2,1-5H3,(H-,34,36,38,39)/p+1/t29-/m1/s1. The van der Waals surface area contributed by atoms with E-state index in [9.17, 15) is 9.59 Å². The van der Waals surface area contributed by atoms with E-state index in [1.165, 1.54) is 10.7 Å². The molecular weight excluding hydrogens is 556 g/mol. The molecule has 0 fully saturated rings. The Morgan fingerprint density at radius 3 is 2.54 bits per heavy atom. The summed E-state index contributed by atoms with van der Waals surface area (Å²) in [5.41, 5.74) is 4.64. The number of hydrogen-bond donors (Lipinski definition) is 3. The monoisotopic (exact) mass is 593 g/mol. The van der Waals surface area contributed by atoms with E-state index in [2.05, 4.69) is 39.8 Å². The van der Waals surface area contributed by atoms with Gasteiger partial charge < -0.3 is 20.7 Å². The van der Waals surface area contributed by atoms with Crippen LogP contribution in [-0.4, -0.2) is 40.0 Å². The summed E-state index contributed by atoms with van der Waals surface area (Å²) in [6, 6.07) is 20.1. The maximum Gasteiger partial charge on any atom is 0.407 e. The smallest absolute Gasteiger partial charge is 0.407 e. The first-order valence-electron chi connectivity index (χ1n) is 13.7. The number of carbonyl (C=O) groups is 2. The summed E-state index contributed by atoms with van der Waals surface area (Å²) in [5, 5.41) is 11.1. The Bertz CT molecular complexity index is 1450. The third-order valence-electron chi connectivity index (χ3n) is 6.62. The first-order chi connectivity index (χ1) is 19.5. The quantitative estimate of drug-likeness (QED) is 0.234. The first kappa shape index (κ1) is 30.5. The number of ether oxygens (including phenoxy) is 1. The molecule has 3 aromatic carbocycles. The highest BCUT2D eigenvalue weighted by atomic mass is 35.5. The fourth-order valence-electron chi connectivity index (χ4n) is 4.79. The minimum atomic E-state index is -0.757. The molecule has 41 heavy (non-hydrogen) atoms. The lowest BCUT2D eigenvalue weighted by Crippen LogP contribution is -2.32. The molecule has 1 aliphatic heterocycles. The van der Waals surface area contributed by atoms with Crippen LogP contribution in [0.4, 0.5) is 21.9 Å². The summed E-state index contributed by atoms with van der Waals surface area (Å²) in [4.78, 5) is 25.8. The molecule has 1 atom stereocenters. The van der Waals surface area contributed by atoms with E-state index in [4.69, 9.17) is 16.3 Å². The van der Waals surface area contributed by atoms with Gasteiger partial charge in [-0.25, -0.2) is 4.79 Å². The topological polar surface area (TPSA) is 82.5 Å². The number of rotatable bonds is 8. The van der Waals surface area contributed by atoms with Gasteiger partial charge in [0.2, 0.25) is 10.7 Å². The zero-order chi connectivity index (χ0) is 29.6. The van der Waals surface area contributed by atoms with Crippen molar-refractivity contribution in [1.82, 2.24) is 5.32 Å². The number of amides is 2. The molecule has 1 aliphatic rings. The third kappa shape index (κ3) is 8.27. The van der Waals surface area contributed by atoms with Gasteiger partial charge in [-0.1, -0.05) is 53.7 Å². The van der Waals surface area contributed by atoms with Crippen LogP contribution < -0.4 is 16.0 Å². The molecule has 0 saturated carbocycles. The summed E-state index contributed by atoms with van der Waals surface area (Å²) < 4.78 is 7.70. The molecule has 0 saturated heterocycles. The van der Waals surface area contributed by atoms with Crippen molar-refractivity contribution in [2.75, 3.05) is 23.4 Å². The molecule has 3 N–H and O–H groups in total. The van der Waals surface area contributed by atoms with Gasteiger partial charge in [0.25, 0.3) is 5.91 Å². The summed E-state index contributed by atoms with van der Waals surface area (Å²) in [6.07, 6.45) is 3.88. The number of alkyl carbamates (subject to hydrolysis) is 1. The second-order valence-corrected chi connectivity index (χ2v) is 12.3. The van der Waals surface area contributed by atoms with Crippen LogP contribution >= 0.6 is 23.4 Å². The molecule has 0 radical (unpaired) electrons. The van der Waals surface area contributed by atoms with E-state index in [1.807, 2.05) is 75.4 Å². The lowest BCUT2D eigenvalue weighted by Gasteiger charge is -2.22. The van der Waals surface area contributed by atoms with Crippen molar-refractivity contribution in [3.8, 4) is 0 Å². The maximum absolute atomic E-state index is 13.7. The number of thioether (sulfide) groups is 1. The van der Waals surface area contributed by atoms with Gasteiger partial charge in [-0.2, -0.15) is 4.58 Å². The van der Waals surface area contributed by atoms with Gasteiger partial charge in [-0.3, -0.25) is 4.79 Å². The number of hydrogen-bond acceptors (Lipinski definition) is 5. The molecule has 9 heteroatoms. The third-order valence-corrected chi connectivity index (χ3v) is 7.86. The van der Waals surface area contributed by atoms with E-state index in [0.29, 0.717) is 16.3 Å². The van der Waals surface area contributed by atoms with E-state index in [-0.39, 0.29) is 12.5 Å². The van der Waals surface area contributed by atoms with Crippen molar-refractivity contribution >= 4 is 57.5 Å². The molecule has 1 heterocycles. The van der Waals surface area contributed by atoms with Crippen LogP contribution in [0.2, 0.25) is 5.02 Å². The van der Waals surface area contributed by atoms with E-state index < -0.39 is 17.7 Å². The fourth-order valence-corrected chi connectivity index (χ4v) is 5.79. The Kier molecular flexibility index (Phi) is 9.99. The van der Waals surface area contributed by atoms with Crippen LogP contribution in [0.15, 0.2) is 66.7 Å². The molecule has 4 rings (SSSR count). The summed E-state index contributed by atoms with van der Waals surface area (Å²) in [5.74, 6) is -0.236. The van der Waals surface area contributed by atoms with Crippen LogP contribution in [0.1, 0.15) is 56.3 Å². The number of halogens is 1. The minimum absolute atomic E-state index is 0.236. The highest BCUT2D eigenvalue weighted by molar-refractivity contribution is 8.13. The number of benzene rings is 3. The Labute approximate surface area is 251 Å². The fraction of sp³-hybridized carbons (Fsp3) is 0.344. The number of carbonyl (C=O) groups excluding carboxylic acids is 2. The average Bonchev–Trinajstić information content (AvgIpc) is 3.39. The summed E-state index contributed by atoms with van der Waals surface area (Å²) in [6.45, 7) is 8.82. The number of anilines is 2. The molecule has 0 spiro atoms. The van der Waals surface area contributed by atoms with E-state index >= 15 is 0 Å². The largest absolute Gasteiger partial charge is 0.444 e. The Hall–Kier alpha value is -3.49. The lowest BCUT2D eigenvalue weighted by atomic mass is 10.0. The van der Waals surface area contributed by atoms with Crippen LogP contribution in [0, 0.1) is 6.92 Å². The van der Waals surface area contributed by atoms with Gasteiger partial charge in [0.05, 0.1) is 0 Å². The Morgan fingerprint density at radius 2 is 1.83 bits per heavy atom. The van der Waals surface area contributed by atoms with Gasteiger partial charge in [0.1, 0.15) is 18.2 Å². The summed E-state index contributed by atoms with van der Waals surface area (Å²) >= 11 is 8.35.